The van der Waals surface area contributed by atoms with Gasteiger partial charge >= 0.3 is 0 Å². The molecule has 0 spiro atoms. The number of hydrogen-bond donors (Lipinski definition) is 1. The van der Waals surface area contributed by atoms with Crippen molar-refractivity contribution in [3.05, 3.63) is 12.0 Å². The van der Waals surface area contributed by atoms with E-state index in [2.05, 4.69) is 26.9 Å². The lowest BCUT2D eigenvalue weighted by molar-refractivity contribution is -0.0331. The maximum Gasteiger partial charge on any atom is 0.163 e. The number of morpholine rings is 1. The molecule has 1 atom stereocenters. The zero-order chi connectivity index (χ0) is 14.1. The van der Waals surface area contributed by atoms with Crippen molar-refractivity contribution in [3.63, 3.8) is 0 Å². The van der Waals surface area contributed by atoms with E-state index in [9.17, 15) is 0 Å². The van der Waals surface area contributed by atoms with Crippen LogP contribution in [0.25, 0.3) is 11.0 Å². The van der Waals surface area contributed by atoms with Gasteiger partial charge in [0.25, 0.3) is 0 Å². The summed E-state index contributed by atoms with van der Waals surface area (Å²) in [6.45, 7) is 5.43. The Kier molecular flexibility index (Phi) is 3.54. The smallest absolute Gasteiger partial charge is 0.163 e. The predicted molar refractivity (Wildman–Crippen MR) is 76.0 cm³/mol. The molecule has 0 aromatic carbocycles. The van der Waals surface area contributed by atoms with Gasteiger partial charge in [-0.3, -0.25) is 9.58 Å². The van der Waals surface area contributed by atoms with Gasteiger partial charge in [0, 0.05) is 20.1 Å². The summed E-state index contributed by atoms with van der Waals surface area (Å²) in [6, 6.07) is 0. The Bertz CT molecular complexity index is 610. The van der Waals surface area contributed by atoms with Crippen molar-refractivity contribution in [1.82, 2.24) is 24.6 Å². The number of anilines is 1. The van der Waals surface area contributed by atoms with Crippen LogP contribution in [0.5, 0.6) is 0 Å². The Balaban J connectivity index is 1.82. The van der Waals surface area contributed by atoms with Gasteiger partial charge in [-0.05, 0) is 6.42 Å². The quantitative estimate of drug-likeness (QED) is 0.882. The van der Waals surface area contributed by atoms with Crippen LogP contribution in [0, 0.1) is 0 Å². The summed E-state index contributed by atoms with van der Waals surface area (Å²) in [5.74, 6) is 1.24. The molecular formula is C13H20N6O. The van der Waals surface area contributed by atoms with Gasteiger partial charge in [0.2, 0.25) is 0 Å². The van der Waals surface area contributed by atoms with Gasteiger partial charge in [0.15, 0.2) is 5.65 Å². The molecule has 1 fully saturated rings. The van der Waals surface area contributed by atoms with E-state index in [1.54, 1.807) is 10.9 Å². The molecule has 7 nitrogen and oxygen atoms in total. The molecule has 20 heavy (non-hydrogen) atoms. The van der Waals surface area contributed by atoms with Crippen molar-refractivity contribution in [2.24, 2.45) is 7.05 Å². The normalized spacial score (nSPS) is 20.6. The van der Waals surface area contributed by atoms with E-state index in [1.807, 2.05) is 7.05 Å². The van der Waals surface area contributed by atoms with Gasteiger partial charge in [0.05, 0.1) is 30.8 Å². The molecule has 108 valence electrons. The summed E-state index contributed by atoms with van der Waals surface area (Å²) < 4.78 is 7.40. The van der Waals surface area contributed by atoms with Crippen molar-refractivity contribution in [2.45, 2.75) is 26.0 Å². The maximum atomic E-state index is 5.98. The van der Waals surface area contributed by atoms with Gasteiger partial charge in [-0.15, -0.1) is 0 Å². The molecular weight excluding hydrogens is 256 g/mol. The summed E-state index contributed by atoms with van der Waals surface area (Å²) in [5, 5.41) is 4.98. The first kappa shape index (κ1) is 13.3. The van der Waals surface area contributed by atoms with Crippen LogP contribution in [0.1, 0.15) is 19.2 Å². The van der Waals surface area contributed by atoms with Crippen LogP contribution in [0.3, 0.4) is 0 Å². The lowest BCUT2D eigenvalue weighted by Gasteiger charge is -2.31. The molecule has 7 heteroatoms. The van der Waals surface area contributed by atoms with E-state index < -0.39 is 0 Å². The van der Waals surface area contributed by atoms with Crippen molar-refractivity contribution < 1.29 is 4.74 Å². The average molecular weight is 276 g/mol. The lowest BCUT2D eigenvalue weighted by atomic mass is 10.2. The Morgan fingerprint density at radius 1 is 1.45 bits per heavy atom. The van der Waals surface area contributed by atoms with Crippen LogP contribution in [-0.4, -0.2) is 50.4 Å². The van der Waals surface area contributed by atoms with E-state index in [0.29, 0.717) is 18.5 Å². The van der Waals surface area contributed by atoms with Crippen LogP contribution in [0.4, 0.5) is 5.82 Å². The van der Waals surface area contributed by atoms with Crippen molar-refractivity contribution in [3.8, 4) is 0 Å². The molecule has 1 unspecified atom stereocenters. The minimum Gasteiger partial charge on any atom is -0.383 e. The summed E-state index contributed by atoms with van der Waals surface area (Å²) in [5.41, 5.74) is 6.77. The number of nitrogen functional groups attached to an aromatic ring is 1. The zero-order valence-corrected chi connectivity index (χ0v) is 11.9. The number of hydrogen-bond acceptors (Lipinski definition) is 6. The second-order valence-corrected chi connectivity index (χ2v) is 5.17. The van der Waals surface area contributed by atoms with Crippen LogP contribution in [0.2, 0.25) is 0 Å². The van der Waals surface area contributed by atoms with E-state index in [0.717, 1.165) is 43.0 Å². The largest absolute Gasteiger partial charge is 0.383 e. The molecule has 0 saturated carbocycles. The molecule has 1 aliphatic rings. The van der Waals surface area contributed by atoms with E-state index >= 15 is 0 Å². The third-order valence-corrected chi connectivity index (χ3v) is 3.71. The maximum absolute atomic E-state index is 5.98. The molecule has 3 rings (SSSR count). The molecule has 3 heterocycles. The monoisotopic (exact) mass is 276 g/mol. The average Bonchev–Trinajstić information content (AvgIpc) is 2.81. The summed E-state index contributed by atoms with van der Waals surface area (Å²) >= 11 is 0. The predicted octanol–water partition coefficient (Wildman–Crippen LogP) is 0.556. The van der Waals surface area contributed by atoms with Crippen LogP contribution in [-0.2, 0) is 18.3 Å². The fourth-order valence-corrected chi connectivity index (χ4v) is 2.53. The highest BCUT2D eigenvalue weighted by molar-refractivity contribution is 5.84. The highest BCUT2D eigenvalue weighted by Gasteiger charge is 2.20. The lowest BCUT2D eigenvalue weighted by Crippen LogP contribution is -2.41. The van der Waals surface area contributed by atoms with Crippen LogP contribution < -0.4 is 5.73 Å². The van der Waals surface area contributed by atoms with E-state index in [1.165, 1.54) is 0 Å². The molecule has 1 aliphatic heterocycles. The Morgan fingerprint density at radius 3 is 3.10 bits per heavy atom. The number of nitrogens with zero attached hydrogens (tertiary/aromatic N) is 5. The second kappa shape index (κ2) is 5.34. The number of fused-ring (bicyclic) bond motifs is 1. The summed E-state index contributed by atoms with van der Waals surface area (Å²) in [4.78, 5) is 11.3. The number of ether oxygens (including phenoxy) is 1. The SMILES string of the molecule is CCC1CN(Cc2nc(N)c3cnn(C)c3n2)CCO1. The third-order valence-electron chi connectivity index (χ3n) is 3.71. The van der Waals surface area contributed by atoms with Crippen LogP contribution in [0.15, 0.2) is 6.20 Å². The van der Waals surface area contributed by atoms with Gasteiger partial charge in [-0.1, -0.05) is 6.92 Å². The van der Waals surface area contributed by atoms with Crippen LogP contribution >= 0.6 is 0 Å². The van der Waals surface area contributed by atoms with Gasteiger partial charge in [0.1, 0.15) is 11.6 Å². The highest BCUT2D eigenvalue weighted by Crippen LogP contribution is 2.18. The first-order chi connectivity index (χ1) is 9.67. The van der Waals surface area contributed by atoms with Gasteiger partial charge in [-0.25, -0.2) is 9.97 Å². The Labute approximate surface area is 117 Å². The van der Waals surface area contributed by atoms with E-state index in [-0.39, 0.29) is 0 Å². The molecule has 0 aliphatic carbocycles. The Morgan fingerprint density at radius 2 is 2.30 bits per heavy atom. The standard InChI is InChI=1S/C13H20N6O/c1-3-9-7-19(4-5-20-9)8-11-16-12(14)10-6-15-18(2)13(10)17-11/h6,9H,3-5,7-8H2,1-2H3,(H2,14,16,17). The third kappa shape index (κ3) is 2.46. The molecule has 2 aromatic heterocycles. The van der Waals surface area contributed by atoms with Crippen molar-refractivity contribution >= 4 is 16.9 Å². The molecule has 0 amide bonds. The zero-order valence-electron chi connectivity index (χ0n) is 11.9. The molecule has 0 bridgehead atoms. The highest BCUT2D eigenvalue weighted by atomic mass is 16.5. The number of rotatable bonds is 3. The van der Waals surface area contributed by atoms with Crippen molar-refractivity contribution in [2.75, 3.05) is 25.4 Å². The fourth-order valence-electron chi connectivity index (χ4n) is 2.53. The molecule has 0 radical (unpaired) electrons. The molecule has 2 aromatic rings. The van der Waals surface area contributed by atoms with Crippen molar-refractivity contribution in [1.29, 1.82) is 0 Å². The number of nitrogens with two attached hydrogens (primary N) is 1. The topological polar surface area (TPSA) is 82.1 Å². The minimum atomic E-state index is 0.307. The molecule has 2 N–H and O–H groups in total. The number of aryl methyl sites for hydroxylation is 1. The van der Waals surface area contributed by atoms with Gasteiger partial charge < -0.3 is 10.5 Å². The Hall–Kier alpha value is -1.73. The molecule has 1 saturated heterocycles. The fraction of sp³-hybridized carbons (Fsp3) is 0.615. The summed E-state index contributed by atoms with van der Waals surface area (Å²) in [6.07, 6.45) is 3.04. The van der Waals surface area contributed by atoms with E-state index in [4.69, 9.17) is 10.5 Å². The van der Waals surface area contributed by atoms with Gasteiger partial charge in [-0.2, -0.15) is 5.10 Å². The number of aromatic nitrogens is 4. The second-order valence-electron chi connectivity index (χ2n) is 5.17. The first-order valence-corrected chi connectivity index (χ1v) is 6.95. The first-order valence-electron chi connectivity index (χ1n) is 6.95. The summed E-state index contributed by atoms with van der Waals surface area (Å²) in [7, 11) is 1.86. The minimum absolute atomic E-state index is 0.307.